The standard InChI is InChI=1S/C19H17ClN2O6/c20-15-8-12(9-17-19(15)28-7-1-6-27-17)2-5-18(24)21-11-13-10-14(22(25)26)3-4-16(13)23/h2-5,8-10,23H,1,6-7,11H2,(H,21,24)/p-1/b5-2+. The highest BCUT2D eigenvalue weighted by Gasteiger charge is 2.15. The van der Waals surface area contributed by atoms with Crippen molar-refractivity contribution in [3.63, 3.8) is 0 Å². The van der Waals surface area contributed by atoms with E-state index in [1.807, 2.05) is 0 Å². The highest BCUT2D eigenvalue weighted by Crippen LogP contribution is 2.38. The van der Waals surface area contributed by atoms with Gasteiger partial charge in [0.05, 0.1) is 23.2 Å². The Balaban J connectivity index is 1.66. The van der Waals surface area contributed by atoms with Crippen LogP contribution in [0.1, 0.15) is 17.5 Å². The summed E-state index contributed by atoms with van der Waals surface area (Å²) in [4.78, 5) is 22.2. The topological polar surface area (TPSA) is 114 Å². The van der Waals surface area contributed by atoms with Gasteiger partial charge in [0.15, 0.2) is 11.5 Å². The van der Waals surface area contributed by atoms with Crippen LogP contribution in [0.25, 0.3) is 6.08 Å². The summed E-state index contributed by atoms with van der Waals surface area (Å²) in [5.74, 6) is 0.144. The van der Waals surface area contributed by atoms with Gasteiger partial charge in [-0.05, 0) is 29.3 Å². The number of non-ortho nitro benzene ring substituents is 1. The van der Waals surface area contributed by atoms with Crippen LogP contribution >= 0.6 is 11.6 Å². The normalized spacial score (nSPS) is 13.2. The molecule has 0 aliphatic carbocycles. The molecule has 2 aromatic rings. The largest absolute Gasteiger partial charge is 0.872 e. The molecule has 1 heterocycles. The number of rotatable bonds is 5. The molecule has 0 aromatic heterocycles. The number of carbonyl (C=O) groups excluding carboxylic acids is 1. The number of ether oxygens (including phenoxy) is 2. The predicted molar refractivity (Wildman–Crippen MR) is 100 cm³/mol. The van der Waals surface area contributed by atoms with E-state index in [0.717, 1.165) is 24.6 Å². The molecule has 8 nitrogen and oxygen atoms in total. The van der Waals surface area contributed by atoms with Crippen molar-refractivity contribution < 1.29 is 24.3 Å². The van der Waals surface area contributed by atoms with Gasteiger partial charge in [0, 0.05) is 31.2 Å². The monoisotopic (exact) mass is 403 g/mol. The molecular weight excluding hydrogens is 388 g/mol. The minimum atomic E-state index is -0.599. The highest BCUT2D eigenvalue weighted by molar-refractivity contribution is 6.32. The second-order valence-electron chi connectivity index (χ2n) is 5.98. The Kier molecular flexibility index (Phi) is 6.00. The van der Waals surface area contributed by atoms with E-state index in [4.69, 9.17) is 21.1 Å². The van der Waals surface area contributed by atoms with Crippen molar-refractivity contribution >= 4 is 29.3 Å². The van der Waals surface area contributed by atoms with Gasteiger partial charge in [-0.25, -0.2) is 0 Å². The lowest BCUT2D eigenvalue weighted by molar-refractivity contribution is -0.385. The Hall–Kier alpha value is -3.26. The Morgan fingerprint density at radius 1 is 1.25 bits per heavy atom. The van der Waals surface area contributed by atoms with Crippen LogP contribution in [0.5, 0.6) is 17.2 Å². The first-order valence-electron chi connectivity index (χ1n) is 8.43. The van der Waals surface area contributed by atoms with Crippen LogP contribution in [0, 0.1) is 10.1 Å². The van der Waals surface area contributed by atoms with Crippen LogP contribution < -0.4 is 19.9 Å². The second kappa shape index (κ2) is 8.62. The average Bonchev–Trinajstić information content (AvgIpc) is 2.91. The number of hydrogen-bond donors (Lipinski definition) is 1. The van der Waals surface area contributed by atoms with Gasteiger partial charge in [-0.2, -0.15) is 0 Å². The van der Waals surface area contributed by atoms with Crippen LogP contribution in [0.4, 0.5) is 5.69 Å². The number of hydrogen-bond acceptors (Lipinski definition) is 6. The molecule has 0 atom stereocenters. The zero-order valence-electron chi connectivity index (χ0n) is 14.6. The third-order valence-electron chi connectivity index (χ3n) is 3.96. The van der Waals surface area contributed by atoms with Crippen molar-refractivity contribution in [2.24, 2.45) is 0 Å². The van der Waals surface area contributed by atoms with Gasteiger partial charge >= 0.3 is 0 Å². The molecule has 2 aromatic carbocycles. The van der Waals surface area contributed by atoms with Gasteiger partial charge < -0.3 is 19.9 Å². The van der Waals surface area contributed by atoms with E-state index in [-0.39, 0.29) is 23.5 Å². The molecule has 9 heteroatoms. The van der Waals surface area contributed by atoms with Gasteiger partial charge in [-0.1, -0.05) is 17.7 Å². The second-order valence-corrected chi connectivity index (χ2v) is 6.39. The quantitative estimate of drug-likeness (QED) is 0.466. The van der Waals surface area contributed by atoms with Crippen LogP contribution in [0.15, 0.2) is 36.4 Å². The number of nitro benzene ring substituents is 1. The number of nitrogens with one attached hydrogen (secondary N) is 1. The zero-order valence-corrected chi connectivity index (χ0v) is 15.4. The summed E-state index contributed by atoms with van der Waals surface area (Å²) >= 11 is 6.20. The van der Waals surface area contributed by atoms with E-state index in [2.05, 4.69) is 5.32 Å². The molecule has 0 saturated heterocycles. The first-order chi connectivity index (χ1) is 13.4. The van der Waals surface area contributed by atoms with E-state index in [1.54, 1.807) is 18.2 Å². The molecule has 3 rings (SSSR count). The molecule has 0 bridgehead atoms. The smallest absolute Gasteiger partial charge is 0.269 e. The summed E-state index contributed by atoms with van der Waals surface area (Å²) in [6, 6.07) is 6.74. The summed E-state index contributed by atoms with van der Waals surface area (Å²) in [5.41, 5.74) is 0.570. The molecule has 1 N–H and O–H groups in total. The number of fused-ring (bicyclic) bond motifs is 1. The van der Waals surface area contributed by atoms with Crippen LogP contribution in [-0.2, 0) is 11.3 Å². The van der Waals surface area contributed by atoms with Crippen molar-refractivity contribution in [1.29, 1.82) is 0 Å². The first kappa shape index (κ1) is 19.5. The van der Waals surface area contributed by atoms with E-state index >= 15 is 0 Å². The summed E-state index contributed by atoms with van der Waals surface area (Å²) < 4.78 is 11.1. The number of carbonyl (C=O) groups is 1. The van der Waals surface area contributed by atoms with Crippen molar-refractivity contribution in [3.8, 4) is 17.2 Å². The fourth-order valence-corrected chi connectivity index (χ4v) is 2.85. The zero-order chi connectivity index (χ0) is 20.1. The molecule has 1 aliphatic rings. The molecule has 1 aliphatic heterocycles. The highest BCUT2D eigenvalue weighted by atomic mass is 35.5. The Labute approximate surface area is 165 Å². The molecule has 0 saturated carbocycles. The van der Waals surface area contributed by atoms with Crippen molar-refractivity contribution in [1.82, 2.24) is 5.32 Å². The third-order valence-corrected chi connectivity index (χ3v) is 4.24. The lowest BCUT2D eigenvalue weighted by atomic mass is 10.1. The molecule has 28 heavy (non-hydrogen) atoms. The minimum absolute atomic E-state index is 0.119. The number of amides is 1. The van der Waals surface area contributed by atoms with Crippen molar-refractivity contribution in [2.45, 2.75) is 13.0 Å². The van der Waals surface area contributed by atoms with E-state index in [9.17, 15) is 20.0 Å². The fourth-order valence-electron chi connectivity index (χ4n) is 2.58. The Morgan fingerprint density at radius 2 is 2.04 bits per heavy atom. The Morgan fingerprint density at radius 3 is 2.82 bits per heavy atom. The minimum Gasteiger partial charge on any atom is -0.872 e. The maximum absolute atomic E-state index is 12.0. The van der Waals surface area contributed by atoms with Crippen LogP contribution in [0.3, 0.4) is 0 Å². The Bertz CT molecular complexity index is 944. The third kappa shape index (κ3) is 4.72. The summed E-state index contributed by atoms with van der Waals surface area (Å²) in [5, 5.41) is 25.5. The molecular formula is C19H16ClN2O6-. The fraction of sp³-hybridized carbons (Fsp3) is 0.211. The van der Waals surface area contributed by atoms with E-state index in [0.29, 0.717) is 35.3 Å². The first-order valence-corrected chi connectivity index (χ1v) is 8.81. The van der Waals surface area contributed by atoms with E-state index < -0.39 is 10.8 Å². The molecule has 1 amide bonds. The van der Waals surface area contributed by atoms with Crippen LogP contribution in [0.2, 0.25) is 5.02 Å². The summed E-state index contributed by atoms with van der Waals surface area (Å²) in [6.07, 6.45) is 3.57. The summed E-state index contributed by atoms with van der Waals surface area (Å²) in [7, 11) is 0. The van der Waals surface area contributed by atoms with Crippen LogP contribution in [-0.4, -0.2) is 24.0 Å². The van der Waals surface area contributed by atoms with Crippen molar-refractivity contribution in [3.05, 3.63) is 62.7 Å². The average molecular weight is 404 g/mol. The van der Waals surface area contributed by atoms with E-state index in [1.165, 1.54) is 6.08 Å². The lowest BCUT2D eigenvalue weighted by Crippen LogP contribution is -2.21. The van der Waals surface area contributed by atoms with Gasteiger partial charge in [0.25, 0.3) is 5.69 Å². The lowest BCUT2D eigenvalue weighted by Gasteiger charge is -2.13. The molecule has 0 unspecified atom stereocenters. The predicted octanol–water partition coefficient (Wildman–Crippen LogP) is 2.81. The number of benzene rings is 2. The number of nitro groups is 1. The van der Waals surface area contributed by atoms with Gasteiger partial charge in [0.2, 0.25) is 5.91 Å². The van der Waals surface area contributed by atoms with Gasteiger partial charge in [-0.15, -0.1) is 5.75 Å². The number of halogens is 1. The molecule has 0 fully saturated rings. The van der Waals surface area contributed by atoms with Gasteiger partial charge in [-0.3, -0.25) is 14.9 Å². The van der Waals surface area contributed by atoms with Crippen molar-refractivity contribution in [2.75, 3.05) is 13.2 Å². The maximum atomic E-state index is 12.0. The summed E-state index contributed by atoms with van der Waals surface area (Å²) in [6.45, 7) is 0.910. The molecule has 0 radical (unpaired) electrons. The molecule has 146 valence electrons. The SMILES string of the molecule is O=C(/C=C/c1cc(Cl)c2c(c1)OCCCO2)NCc1cc([N+](=O)[O-])ccc1[O-]. The molecule has 0 spiro atoms. The number of nitrogens with zero attached hydrogens (tertiary/aromatic N) is 1. The maximum Gasteiger partial charge on any atom is 0.269 e. The van der Waals surface area contributed by atoms with Gasteiger partial charge in [0.1, 0.15) is 0 Å².